The second-order valence-corrected chi connectivity index (χ2v) is 9.65. The first kappa shape index (κ1) is 22.8. The molecule has 0 bridgehead atoms. The molecule has 2 aromatic carbocycles. The molecule has 0 aliphatic rings. The minimum atomic E-state index is -3.64. The van der Waals surface area contributed by atoms with Crippen LogP contribution in [0.25, 0.3) is 0 Å². The predicted octanol–water partition coefficient (Wildman–Crippen LogP) is 4.74. The number of hydrogen-bond acceptors (Lipinski definition) is 5. The predicted molar refractivity (Wildman–Crippen MR) is 124 cm³/mol. The summed E-state index contributed by atoms with van der Waals surface area (Å²) in [6.45, 7) is 4.52. The molecule has 162 valence electrons. The van der Waals surface area contributed by atoms with Crippen LogP contribution in [0.3, 0.4) is 0 Å². The monoisotopic (exact) mass is 455 g/mol. The van der Waals surface area contributed by atoms with Crippen molar-refractivity contribution in [3.8, 4) is 0 Å². The molecular weight excluding hydrogens is 430 g/mol. The van der Waals surface area contributed by atoms with Crippen LogP contribution in [0.5, 0.6) is 0 Å². The van der Waals surface area contributed by atoms with Gasteiger partial charge in [-0.05, 0) is 67.4 Å². The second-order valence-electron chi connectivity index (χ2n) is 6.87. The van der Waals surface area contributed by atoms with Crippen molar-refractivity contribution >= 4 is 33.4 Å². The molecule has 31 heavy (non-hydrogen) atoms. The number of hydrogen-bond donors (Lipinski definition) is 2. The van der Waals surface area contributed by atoms with E-state index in [2.05, 4.69) is 21.9 Å². The normalized spacial score (nSPS) is 11.2. The lowest BCUT2D eigenvalue weighted by Crippen LogP contribution is -2.22. The van der Waals surface area contributed by atoms with E-state index in [0.717, 1.165) is 28.3 Å². The molecule has 0 spiro atoms. The lowest BCUT2D eigenvalue weighted by molar-refractivity contribution is 0.0955. The molecule has 0 saturated carbocycles. The third kappa shape index (κ3) is 6.32. The maximum Gasteiger partial charge on any atom is 0.261 e. The second kappa shape index (κ2) is 10.5. The summed E-state index contributed by atoms with van der Waals surface area (Å²) >= 11 is 1.43. The zero-order valence-corrected chi connectivity index (χ0v) is 19.1. The van der Waals surface area contributed by atoms with Gasteiger partial charge in [0.05, 0.1) is 10.5 Å². The molecule has 1 amide bonds. The van der Waals surface area contributed by atoms with Crippen LogP contribution in [0.4, 0.5) is 5.69 Å². The largest absolute Gasteiger partial charge is 0.352 e. The molecule has 0 unspecified atom stereocenters. The lowest BCUT2D eigenvalue weighted by atomic mass is 10.1. The molecular formula is C23H25N3O3S2. The number of pyridine rings is 1. The van der Waals surface area contributed by atoms with Crippen molar-refractivity contribution in [2.75, 3.05) is 11.3 Å². The van der Waals surface area contributed by atoms with Crippen LogP contribution in [-0.2, 0) is 16.4 Å². The minimum absolute atomic E-state index is 0.150. The summed E-state index contributed by atoms with van der Waals surface area (Å²) in [5.41, 5.74) is 2.12. The molecule has 0 aliphatic heterocycles. The van der Waals surface area contributed by atoms with Crippen LogP contribution in [0, 0.1) is 0 Å². The van der Waals surface area contributed by atoms with E-state index in [1.54, 1.807) is 42.6 Å². The van der Waals surface area contributed by atoms with Crippen molar-refractivity contribution in [1.29, 1.82) is 0 Å². The Morgan fingerprint density at radius 1 is 0.968 bits per heavy atom. The first-order chi connectivity index (χ1) is 14.9. The number of aromatic nitrogens is 1. The van der Waals surface area contributed by atoms with Crippen molar-refractivity contribution in [3.05, 3.63) is 78.0 Å². The van der Waals surface area contributed by atoms with E-state index in [0.29, 0.717) is 17.8 Å². The molecule has 0 atom stereocenters. The topological polar surface area (TPSA) is 88.2 Å². The van der Waals surface area contributed by atoms with Crippen molar-refractivity contribution < 1.29 is 13.2 Å². The van der Waals surface area contributed by atoms with Crippen molar-refractivity contribution in [2.45, 2.75) is 41.5 Å². The third-order valence-electron chi connectivity index (χ3n) is 4.44. The maximum atomic E-state index is 12.6. The van der Waals surface area contributed by atoms with E-state index in [9.17, 15) is 13.2 Å². The molecule has 0 radical (unpaired) electrons. The fourth-order valence-electron chi connectivity index (χ4n) is 2.89. The standard InChI is InChI=1S/C23H25N3O3S2/c1-3-5-17-6-13-21(14-7-17)31(28,29)26-19-9-11-20(12-10-19)30-22-15-8-18(16-25-22)23(27)24-4-2/h6-16,26H,3-5H2,1-2H3,(H,24,27). The van der Waals surface area contributed by atoms with Crippen molar-refractivity contribution in [2.24, 2.45) is 0 Å². The van der Waals surface area contributed by atoms with Gasteiger partial charge in [-0.15, -0.1) is 0 Å². The van der Waals surface area contributed by atoms with E-state index in [1.807, 2.05) is 31.2 Å². The van der Waals surface area contributed by atoms with Crippen LogP contribution in [0.15, 0.2) is 81.7 Å². The Kier molecular flexibility index (Phi) is 7.70. The average Bonchev–Trinajstić information content (AvgIpc) is 2.76. The molecule has 1 aromatic heterocycles. The minimum Gasteiger partial charge on any atom is -0.352 e. The molecule has 0 saturated heterocycles. The Balaban J connectivity index is 1.63. The van der Waals surface area contributed by atoms with E-state index < -0.39 is 10.0 Å². The average molecular weight is 456 g/mol. The van der Waals surface area contributed by atoms with Gasteiger partial charge in [0.2, 0.25) is 0 Å². The summed E-state index contributed by atoms with van der Waals surface area (Å²) in [4.78, 5) is 17.3. The zero-order chi connectivity index (χ0) is 22.3. The van der Waals surface area contributed by atoms with Gasteiger partial charge in [0.25, 0.3) is 15.9 Å². The van der Waals surface area contributed by atoms with Crippen LogP contribution >= 0.6 is 11.8 Å². The van der Waals surface area contributed by atoms with Gasteiger partial charge in [-0.2, -0.15) is 0 Å². The highest BCUT2D eigenvalue weighted by molar-refractivity contribution is 7.99. The number of anilines is 1. The fraction of sp³-hybridized carbons (Fsp3) is 0.217. The fourth-order valence-corrected chi connectivity index (χ4v) is 4.70. The summed E-state index contributed by atoms with van der Waals surface area (Å²) in [6, 6.07) is 17.6. The van der Waals surface area contributed by atoms with E-state index in [-0.39, 0.29) is 10.8 Å². The molecule has 3 rings (SSSR count). The quantitative estimate of drug-likeness (QED) is 0.487. The van der Waals surface area contributed by atoms with Crippen LogP contribution in [0.1, 0.15) is 36.2 Å². The Hall–Kier alpha value is -2.84. The van der Waals surface area contributed by atoms with Gasteiger partial charge in [0, 0.05) is 23.3 Å². The Morgan fingerprint density at radius 2 is 1.68 bits per heavy atom. The summed E-state index contributed by atoms with van der Waals surface area (Å²) < 4.78 is 27.9. The molecule has 8 heteroatoms. The van der Waals surface area contributed by atoms with Gasteiger partial charge in [-0.1, -0.05) is 37.2 Å². The number of benzene rings is 2. The number of rotatable bonds is 9. The van der Waals surface area contributed by atoms with Gasteiger partial charge in [0.1, 0.15) is 5.03 Å². The zero-order valence-electron chi connectivity index (χ0n) is 17.5. The first-order valence-electron chi connectivity index (χ1n) is 10.0. The number of carbonyl (C=O) groups excluding carboxylic acids is 1. The van der Waals surface area contributed by atoms with Gasteiger partial charge in [-0.25, -0.2) is 13.4 Å². The maximum absolute atomic E-state index is 12.6. The van der Waals surface area contributed by atoms with Gasteiger partial charge in [0.15, 0.2) is 0 Å². The van der Waals surface area contributed by atoms with Crippen molar-refractivity contribution in [1.82, 2.24) is 10.3 Å². The third-order valence-corrected chi connectivity index (χ3v) is 6.79. The Bertz CT molecular complexity index is 1110. The highest BCUT2D eigenvalue weighted by atomic mass is 32.2. The Morgan fingerprint density at radius 3 is 2.26 bits per heavy atom. The number of nitrogens with one attached hydrogen (secondary N) is 2. The van der Waals surface area contributed by atoms with Gasteiger partial charge in [-0.3, -0.25) is 9.52 Å². The molecule has 0 aliphatic carbocycles. The van der Waals surface area contributed by atoms with Crippen LogP contribution < -0.4 is 10.0 Å². The van der Waals surface area contributed by atoms with E-state index in [4.69, 9.17) is 0 Å². The molecule has 1 heterocycles. The first-order valence-corrected chi connectivity index (χ1v) is 12.3. The number of nitrogens with zero attached hydrogens (tertiary/aromatic N) is 1. The highest BCUT2D eigenvalue weighted by Gasteiger charge is 2.14. The van der Waals surface area contributed by atoms with Crippen LogP contribution in [0.2, 0.25) is 0 Å². The lowest BCUT2D eigenvalue weighted by Gasteiger charge is -2.09. The highest BCUT2D eigenvalue weighted by Crippen LogP contribution is 2.27. The van der Waals surface area contributed by atoms with E-state index >= 15 is 0 Å². The van der Waals surface area contributed by atoms with Crippen molar-refractivity contribution in [3.63, 3.8) is 0 Å². The van der Waals surface area contributed by atoms with Crippen LogP contribution in [-0.4, -0.2) is 25.9 Å². The van der Waals surface area contributed by atoms with E-state index in [1.165, 1.54) is 11.8 Å². The molecule has 2 N–H and O–H groups in total. The summed E-state index contributed by atoms with van der Waals surface area (Å²) in [6.07, 6.45) is 3.49. The summed E-state index contributed by atoms with van der Waals surface area (Å²) in [5.74, 6) is -0.150. The smallest absolute Gasteiger partial charge is 0.261 e. The van der Waals surface area contributed by atoms with Gasteiger partial charge < -0.3 is 5.32 Å². The summed E-state index contributed by atoms with van der Waals surface area (Å²) in [5, 5.41) is 3.48. The summed E-state index contributed by atoms with van der Waals surface area (Å²) in [7, 11) is -3.64. The number of aryl methyl sites for hydroxylation is 1. The number of carbonyl (C=O) groups is 1. The Labute approximate surface area is 187 Å². The molecule has 6 nitrogen and oxygen atoms in total. The number of amides is 1. The van der Waals surface area contributed by atoms with Gasteiger partial charge >= 0.3 is 0 Å². The number of sulfonamides is 1. The molecule has 0 fully saturated rings. The molecule has 3 aromatic rings. The SMILES string of the molecule is CCCc1ccc(S(=O)(=O)Nc2ccc(Sc3ccc(C(=O)NCC)cn3)cc2)cc1.